The van der Waals surface area contributed by atoms with Gasteiger partial charge in [-0.15, -0.1) is 0 Å². The van der Waals surface area contributed by atoms with Crippen LogP contribution in [0.15, 0.2) is 34.9 Å². The largest absolute Gasteiger partial charge is 0.383 e. The molecule has 4 nitrogen and oxygen atoms in total. The first-order valence-corrected chi connectivity index (χ1v) is 7.42. The van der Waals surface area contributed by atoms with Crippen molar-refractivity contribution in [2.75, 3.05) is 13.7 Å². The van der Waals surface area contributed by atoms with E-state index >= 15 is 0 Å². The highest BCUT2D eigenvalue weighted by Gasteiger charge is 2.17. The zero-order valence-corrected chi connectivity index (χ0v) is 13.4. The lowest BCUT2D eigenvalue weighted by atomic mass is 10.0. The van der Waals surface area contributed by atoms with Crippen molar-refractivity contribution in [3.63, 3.8) is 0 Å². The molecule has 5 heteroatoms. The number of aromatic nitrogens is 2. The summed E-state index contributed by atoms with van der Waals surface area (Å²) in [6.45, 7) is 3.41. The molecule has 0 radical (unpaired) electrons. The van der Waals surface area contributed by atoms with E-state index in [0.29, 0.717) is 13.2 Å². The number of benzene rings is 1. The van der Waals surface area contributed by atoms with Gasteiger partial charge in [-0.1, -0.05) is 29.8 Å². The summed E-state index contributed by atoms with van der Waals surface area (Å²) in [5.74, 6) is 0. The second-order valence-corrected chi connectivity index (χ2v) is 5.74. The van der Waals surface area contributed by atoms with Gasteiger partial charge in [-0.3, -0.25) is 4.68 Å². The van der Waals surface area contributed by atoms with Gasteiger partial charge < -0.3 is 10.5 Å². The first kappa shape index (κ1) is 15.2. The zero-order valence-electron chi connectivity index (χ0n) is 11.8. The van der Waals surface area contributed by atoms with Crippen LogP contribution in [0.3, 0.4) is 0 Å². The minimum absolute atomic E-state index is 0.0913. The van der Waals surface area contributed by atoms with Crippen LogP contribution < -0.4 is 5.73 Å². The topological polar surface area (TPSA) is 53.1 Å². The van der Waals surface area contributed by atoms with Gasteiger partial charge in [0.15, 0.2) is 0 Å². The van der Waals surface area contributed by atoms with E-state index in [-0.39, 0.29) is 6.04 Å². The maximum atomic E-state index is 6.35. The Morgan fingerprint density at radius 2 is 2.05 bits per heavy atom. The van der Waals surface area contributed by atoms with Crippen LogP contribution in [0, 0.1) is 6.92 Å². The van der Waals surface area contributed by atoms with E-state index in [0.717, 1.165) is 16.6 Å². The van der Waals surface area contributed by atoms with E-state index in [1.807, 2.05) is 4.68 Å². The molecule has 0 bridgehead atoms. The van der Waals surface area contributed by atoms with Crippen LogP contribution in [0.1, 0.15) is 22.9 Å². The predicted molar refractivity (Wildman–Crippen MR) is 83.6 cm³/mol. The Hall–Kier alpha value is -1.17. The van der Waals surface area contributed by atoms with E-state index in [4.69, 9.17) is 10.5 Å². The van der Waals surface area contributed by atoms with Crippen molar-refractivity contribution in [1.82, 2.24) is 9.78 Å². The molecular formula is C15H20BrN3O. The Morgan fingerprint density at radius 3 is 2.70 bits per heavy atom. The summed E-state index contributed by atoms with van der Waals surface area (Å²) in [4.78, 5) is 0. The van der Waals surface area contributed by atoms with Crippen LogP contribution in [-0.4, -0.2) is 23.5 Å². The summed E-state index contributed by atoms with van der Waals surface area (Å²) in [6, 6.07) is 8.38. The fraction of sp³-hybridized carbons (Fsp3) is 0.400. The average molecular weight is 338 g/mol. The molecular weight excluding hydrogens is 318 g/mol. The molecule has 0 aliphatic rings. The average Bonchev–Trinajstić information content (AvgIpc) is 2.80. The maximum Gasteiger partial charge on any atom is 0.0697 e. The van der Waals surface area contributed by atoms with Crippen LogP contribution in [0.4, 0.5) is 0 Å². The van der Waals surface area contributed by atoms with Gasteiger partial charge in [-0.2, -0.15) is 5.10 Å². The van der Waals surface area contributed by atoms with Gasteiger partial charge in [0, 0.05) is 7.11 Å². The molecule has 0 aliphatic carbocycles. The molecule has 2 N–H and O–H groups in total. The lowest BCUT2D eigenvalue weighted by Crippen LogP contribution is -2.20. The van der Waals surface area contributed by atoms with Gasteiger partial charge in [-0.25, -0.2) is 0 Å². The van der Waals surface area contributed by atoms with E-state index in [1.165, 1.54) is 11.1 Å². The van der Waals surface area contributed by atoms with Gasteiger partial charge >= 0.3 is 0 Å². The number of nitrogens with two attached hydrogens (primary N) is 1. The highest BCUT2D eigenvalue weighted by atomic mass is 79.9. The number of methoxy groups -OCH3 is 1. The number of halogens is 1. The van der Waals surface area contributed by atoms with Gasteiger partial charge in [0.25, 0.3) is 0 Å². The lowest BCUT2D eigenvalue weighted by Gasteiger charge is -2.15. The Kier molecular flexibility index (Phi) is 5.34. The zero-order chi connectivity index (χ0) is 14.5. The molecule has 2 rings (SSSR count). The number of nitrogens with zero attached hydrogens (tertiary/aromatic N) is 2. The minimum Gasteiger partial charge on any atom is -0.383 e. The van der Waals surface area contributed by atoms with Gasteiger partial charge in [0.2, 0.25) is 0 Å². The molecule has 0 aliphatic heterocycles. The summed E-state index contributed by atoms with van der Waals surface area (Å²) in [5, 5.41) is 4.34. The molecule has 0 spiro atoms. The van der Waals surface area contributed by atoms with Gasteiger partial charge in [0.05, 0.1) is 35.6 Å². The SMILES string of the molecule is COCCn1ncc(Br)c1C(N)Cc1ccc(C)cc1. The first-order chi connectivity index (χ1) is 9.61. The van der Waals surface area contributed by atoms with Crippen LogP contribution in [-0.2, 0) is 17.7 Å². The number of rotatable bonds is 6. The normalized spacial score (nSPS) is 12.6. The monoisotopic (exact) mass is 337 g/mol. The van der Waals surface area contributed by atoms with Crippen molar-refractivity contribution in [2.45, 2.75) is 25.9 Å². The van der Waals surface area contributed by atoms with Crippen molar-refractivity contribution in [3.8, 4) is 0 Å². The first-order valence-electron chi connectivity index (χ1n) is 6.63. The highest BCUT2D eigenvalue weighted by Crippen LogP contribution is 2.24. The summed E-state index contributed by atoms with van der Waals surface area (Å²) in [7, 11) is 1.68. The fourth-order valence-corrected chi connectivity index (χ4v) is 2.76. The van der Waals surface area contributed by atoms with Crippen molar-refractivity contribution in [3.05, 3.63) is 51.8 Å². The number of aryl methyl sites for hydroxylation is 1. The smallest absolute Gasteiger partial charge is 0.0697 e. The summed E-state index contributed by atoms with van der Waals surface area (Å²) in [6.07, 6.45) is 2.58. The molecule has 1 aromatic carbocycles. The van der Waals surface area contributed by atoms with E-state index in [1.54, 1.807) is 13.3 Å². The lowest BCUT2D eigenvalue weighted by molar-refractivity contribution is 0.182. The standard InChI is InChI=1S/C15H20BrN3O/c1-11-3-5-12(6-4-11)9-14(17)15-13(16)10-18-19(15)7-8-20-2/h3-6,10,14H,7-9,17H2,1-2H3. The van der Waals surface area contributed by atoms with Crippen LogP contribution >= 0.6 is 15.9 Å². The van der Waals surface area contributed by atoms with Gasteiger partial charge in [-0.05, 0) is 34.8 Å². The maximum absolute atomic E-state index is 6.35. The molecule has 0 saturated carbocycles. The molecule has 0 amide bonds. The Balaban J connectivity index is 2.13. The molecule has 2 aromatic rings. The predicted octanol–water partition coefficient (Wildman–Crippen LogP) is 2.84. The second-order valence-electron chi connectivity index (χ2n) is 4.89. The Morgan fingerprint density at radius 1 is 1.35 bits per heavy atom. The minimum atomic E-state index is -0.0913. The summed E-state index contributed by atoms with van der Waals surface area (Å²) < 4.78 is 7.97. The third-order valence-electron chi connectivity index (χ3n) is 3.27. The van der Waals surface area contributed by atoms with Gasteiger partial charge in [0.1, 0.15) is 0 Å². The molecule has 20 heavy (non-hydrogen) atoms. The number of ether oxygens (including phenoxy) is 1. The molecule has 1 unspecified atom stereocenters. The second kappa shape index (κ2) is 7.02. The summed E-state index contributed by atoms with van der Waals surface area (Å²) >= 11 is 3.53. The highest BCUT2D eigenvalue weighted by molar-refractivity contribution is 9.10. The van der Waals surface area contributed by atoms with E-state index in [2.05, 4.69) is 52.2 Å². The van der Waals surface area contributed by atoms with Crippen molar-refractivity contribution in [1.29, 1.82) is 0 Å². The fourth-order valence-electron chi connectivity index (χ4n) is 2.17. The molecule has 0 fully saturated rings. The van der Waals surface area contributed by atoms with Crippen LogP contribution in [0.2, 0.25) is 0 Å². The number of hydrogen-bond acceptors (Lipinski definition) is 3. The molecule has 1 heterocycles. The van der Waals surface area contributed by atoms with E-state index in [9.17, 15) is 0 Å². The van der Waals surface area contributed by atoms with Crippen molar-refractivity contribution in [2.24, 2.45) is 5.73 Å². The number of hydrogen-bond donors (Lipinski definition) is 1. The Bertz CT molecular complexity index is 551. The quantitative estimate of drug-likeness (QED) is 0.881. The van der Waals surface area contributed by atoms with Crippen LogP contribution in [0.5, 0.6) is 0 Å². The third kappa shape index (κ3) is 3.69. The summed E-state index contributed by atoms with van der Waals surface area (Å²) in [5.41, 5.74) is 9.86. The van der Waals surface area contributed by atoms with Crippen molar-refractivity contribution >= 4 is 15.9 Å². The molecule has 0 saturated heterocycles. The third-order valence-corrected chi connectivity index (χ3v) is 3.88. The molecule has 1 atom stereocenters. The Labute approximate surface area is 128 Å². The molecule has 108 valence electrons. The van der Waals surface area contributed by atoms with Crippen LogP contribution in [0.25, 0.3) is 0 Å². The van der Waals surface area contributed by atoms with E-state index < -0.39 is 0 Å². The molecule has 1 aromatic heterocycles. The van der Waals surface area contributed by atoms with Crippen molar-refractivity contribution < 1.29 is 4.74 Å².